The van der Waals surface area contributed by atoms with E-state index in [9.17, 15) is 0 Å². The van der Waals surface area contributed by atoms with Gasteiger partial charge in [0.1, 0.15) is 0 Å². The summed E-state index contributed by atoms with van der Waals surface area (Å²) in [4.78, 5) is 2.69. The first kappa shape index (κ1) is 15.3. The predicted molar refractivity (Wildman–Crippen MR) is 80.0 cm³/mol. The molecule has 102 valence electrons. The van der Waals surface area contributed by atoms with Crippen molar-refractivity contribution in [2.45, 2.75) is 58.5 Å². The predicted octanol–water partition coefficient (Wildman–Crippen LogP) is 2.98. The maximum Gasteiger partial charge on any atom is 0.0304 e. The molecule has 1 aliphatic rings. The Kier molecular flexibility index (Phi) is 6.90. The van der Waals surface area contributed by atoms with Crippen molar-refractivity contribution in [2.75, 3.05) is 31.1 Å². The minimum Gasteiger partial charge on any atom is -0.309 e. The van der Waals surface area contributed by atoms with Crippen LogP contribution in [0.15, 0.2) is 0 Å². The summed E-state index contributed by atoms with van der Waals surface area (Å²) in [6.07, 6.45) is 3.83. The fourth-order valence-electron chi connectivity index (χ4n) is 2.67. The van der Waals surface area contributed by atoms with Gasteiger partial charge in [-0.25, -0.2) is 0 Å². The Morgan fingerprint density at radius 1 is 1.29 bits per heavy atom. The fourth-order valence-corrected chi connectivity index (χ4v) is 3.47. The minimum absolute atomic E-state index is 0.379. The van der Waals surface area contributed by atoms with Crippen LogP contribution in [0.2, 0.25) is 0 Å². The number of piperazine rings is 1. The standard InChI is InChI=1S/C14H30N2S/c1-5-14(6-2)12-16(10-9-15-14)13(4)8-11-17-7-3/h13,15H,5-12H2,1-4H3. The lowest BCUT2D eigenvalue weighted by Crippen LogP contribution is -2.61. The lowest BCUT2D eigenvalue weighted by atomic mass is 9.89. The zero-order valence-corrected chi connectivity index (χ0v) is 12.9. The Morgan fingerprint density at radius 2 is 2.00 bits per heavy atom. The molecule has 0 saturated carbocycles. The van der Waals surface area contributed by atoms with Crippen LogP contribution in [0.1, 0.15) is 47.0 Å². The van der Waals surface area contributed by atoms with E-state index in [4.69, 9.17) is 0 Å². The molecule has 0 radical (unpaired) electrons. The Labute approximate surface area is 112 Å². The molecule has 1 saturated heterocycles. The molecular weight excluding hydrogens is 228 g/mol. The van der Waals surface area contributed by atoms with Crippen molar-refractivity contribution in [1.29, 1.82) is 0 Å². The van der Waals surface area contributed by atoms with Gasteiger partial charge in [-0.1, -0.05) is 20.8 Å². The second-order valence-corrected chi connectivity index (χ2v) is 6.61. The summed E-state index contributed by atoms with van der Waals surface area (Å²) in [6, 6.07) is 0.744. The van der Waals surface area contributed by atoms with E-state index < -0.39 is 0 Å². The SMILES string of the molecule is CCSCCC(C)N1CCNC(CC)(CC)C1. The molecule has 2 nitrogen and oxygen atoms in total. The highest BCUT2D eigenvalue weighted by molar-refractivity contribution is 7.99. The zero-order chi connectivity index (χ0) is 12.7. The summed E-state index contributed by atoms with van der Waals surface area (Å²) < 4.78 is 0. The highest BCUT2D eigenvalue weighted by Crippen LogP contribution is 2.22. The summed E-state index contributed by atoms with van der Waals surface area (Å²) in [5.74, 6) is 2.56. The van der Waals surface area contributed by atoms with Crippen molar-refractivity contribution in [3.8, 4) is 0 Å². The molecule has 0 aromatic rings. The first-order chi connectivity index (χ1) is 8.17. The molecular formula is C14H30N2S. The van der Waals surface area contributed by atoms with Gasteiger partial charge >= 0.3 is 0 Å². The third kappa shape index (κ3) is 4.46. The molecule has 0 spiro atoms. The largest absolute Gasteiger partial charge is 0.309 e. The quantitative estimate of drug-likeness (QED) is 0.707. The van der Waals surface area contributed by atoms with E-state index >= 15 is 0 Å². The van der Waals surface area contributed by atoms with Gasteiger partial charge in [0.2, 0.25) is 0 Å². The monoisotopic (exact) mass is 258 g/mol. The van der Waals surface area contributed by atoms with Crippen LogP contribution in [0.4, 0.5) is 0 Å². The van der Waals surface area contributed by atoms with E-state index in [2.05, 4.69) is 49.7 Å². The smallest absolute Gasteiger partial charge is 0.0304 e. The fraction of sp³-hybridized carbons (Fsp3) is 1.00. The van der Waals surface area contributed by atoms with Gasteiger partial charge in [0.05, 0.1) is 0 Å². The minimum atomic E-state index is 0.379. The molecule has 1 N–H and O–H groups in total. The van der Waals surface area contributed by atoms with E-state index in [1.54, 1.807) is 0 Å². The molecule has 0 aromatic heterocycles. The van der Waals surface area contributed by atoms with E-state index in [0.29, 0.717) is 5.54 Å². The van der Waals surface area contributed by atoms with E-state index in [1.165, 1.54) is 43.9 Å². The Hall–Kier alpha value is 0.270. The number of nitrogens with one attached hydrogen (secondary N) is 1. The van der Waals surface area contributed by atoms with Crippen molar-refractivity contribution in [2.24, 2.45) is 0 Å². The Morgan fingerprint density at radius 3 is 2.59 bits per heavy atom. The number of rotatable bonds is 7. The maximum atomic E-state index is 3.74. The molecule has 0 aliphatic carbocycles. The first-order valence-corrected chi connectivity index (χ1v) is 8.39. The van der Waals surface area contributed by atoms with Crippen molar-refractivity contribution in [1.82, 2.24) is 10.2 Å². The average molecular weight is 258 g/mol. The van der Waals surface area contributed by atoms with Crippen LogP contribution in [0.3, 0.4) is 0 Å². The molecule has 1 atom stereocenters. The molecule has 0 amide bonds. The highest BCUT2D eigenvalue weighted by Gasteiger charge is 2.33. The Bertz CT molecular complexity index is 204. The van der Waals surface area contributed by atoms with E-state index in [0.717, 1.165) is 12.6 Å². The normalized spacial score (nSPS) is 22.6. The van der Waals surface area contributed by atoms with Gasteiger partial charge in [-0.05, 0) is 37.7 Å². The second-order valence-electron chi connectivity index (χ2n) is 5.22. The van der Waals surface area contributed by atoms with Crippen LogP contribution in [0, 0.1) is 0 Å². The molecule has 1 fully saturated rings. The summed E-state index contributed by atoms with van der Waals surface area (Å²) in [7, 11) is 0. The average Bonchev–Trinajstić information content (AvgIpc) is 2.39. The number of hydrogen-bond acceptors (Lipinski definition) is 3. The topological polar surface area (TPSA) is 15.3 Å². The highest BCUT2D eigenvalue weighted by atomic mass is 32.2. The van der Waals surface area contributed by atoms with Crippen LogP contribution in [0.5, 0.6) is 0 Å². The Balaban J connectivity index is 2.42. The van der Waals surface area contributed by atoms with Crippen molar-refractivity contribution in [3.05, 3.63) is 0 Å². The second kappa shape index (κ2) is 7.65. The molecule has 1 unspecified atom stereocenters. The molecule has 0 aromatic carbocycles. The molecule has 1 rings (SSSR count). The van der Waals surface area contributed by atoms with Gasteiger partial charge in [-0.3, -0.25) is 4.90 Å². The van der Waals surface area contributed by atoms with Crippen LogP contribution in [-0.2, 0) is 0 Å². The van der Waals surface area contributed by atoms with Crippen molar-refractivity contribution < 1.29 is 0 Å². The summed E-state index contributed by atoms with van der Waals surface area (Å²) in [6.45, 7) is 12.9. The molecule has 1 heterocycles. The first-order valence-electron chi connectivity index (χ1n) is 7.24. The zero-order valence-electron chi connectivity index (χ0n) is 12.1. The van der Waals surface area contributed by atoms with Gasteiger partial charge in [-0.2, -0.15) is 11.8 Å². The van der Waals surface area contributed by atoms with Crippen LogP contribution in [-0.4, -0.2) is 47.6 Å². The van der Waals surface area contributed by atoms with Gasteiger partial charge < -0.3 is 5.32 Å². The van der Waals surface area contributed by atoms with E-state index in [1.807, 2.05) is 0 Å². The number of nitrogens with zero attached hydrogens (tertiary/aromatic N) is 1. The van der Waals surface area contributed by atoms with Crippen molar-refractivity contribution >= 4 is 11.8 Å². The van der Waals surface area contributed by atoms with Gasteiger partial charge in [0, 0.05) is 31.2 Å². The van der Waals surface area contributed by atoms with Crippen LogP contribution < -0.4 is 5.32 Å². The molecule has 3 heteroatoms. The maximum absolute atomic E-state index is 3.74. The van der Waals surface area contributed by atoms with Gasteiger partial charge in [0.15, 0.2) is 0 Å². The molecule has 17 heavy (non-hydrogen) atoms. The molecule has 1 aliphatic heterocycles. The number of hydrogen-bond donors (Lipinski definition) is 1. The van der Waals surface area contributed by atoms with Crippen LogP contribution in [0.25, 0.3) is 0 Å². The number of thioether (sulfide) groups is 1. The van der Waals surface area contributed by atoms with Gasteiger partial charge in [-0.15, -0.1) is 0 Å². The third-order valence-electron chi connectivity index (χ3n) is 4.27. The third-order valence-corrected chi connectivity index (χ3v) is 5.20. The lowest BCUT2D eigenvalue weighted by Gasteiger charge is -2.45. The van der Waals surface area contributed by atoms with Crippen LogP contribution >= 0.6 is 11.8 Å². The summed E-state index contributed by atoms with van der Waals surface area (Å²) in [5.41, 5.74) is 0.379. The van der Waals surface area contributed by atoms with Gasteiger partial charge in [0.25, 0.3) is 0 Å². The lowest BCUT2D eigenvalue weighted by molar-refractivity contribution is 0.0909. The van der Waals surface area contributed by atoms with Crippen molar-refractivity contribution in [3.63, 3.8) is 0 Å². The van der Waals surface area contributed by atoms with E-state index in [-0.39, 0.29) is 0 Å². The molecule has 0 bridgehead atoms. The summed E-state index contributed by atoms with van der Waals surface area (Å²) in [5, 5.41) is 3.74. The summed E-state index contributed by atoms with van der Waals surface area (Å²) >= 11 is 2.07.